The summed E-state index contributed by atoms with van der Waals surface area (Å²) in [6, 6.07) is 8.98. The number of fused-ring (bicyclic) bond motifs is 3. The minimum atomic E-state index is -1.80. The van der Waals surface area contributed by atoms with Gasteiger partial charge in [0.15, 0.2) is 0 Å². The number of benzene rings is 2. The Labute approximate surface area is 206 Å². The number of hydrogen-bond donors (Lipinski definition) is 3. The number of unbranched alkanes of at least 4 members (excludes halogenated alkanes) is 1. The van der Waals surface area contributed by atoms with Gasteiger partial charge in [0.05, 0.1) is 17.7 Å². The van der Waals surface area contributed by atoms with E-state index in [2.05, 4.69) is 48.3 Å². The maximum absolute atomic E-state index is 14.8. The molecule has 2 aromatic carbocycles. The average molecular weight is 495 g/mol. The highest BCUT2D eigenvalue weighted by Gasteiger charge is 2.40. The molecule has 0 unspecified atom stereocenters. The van der Waals surface area contributed by atoms with E-state index in [4.69, 9.17) is 5.73 Å². The average Bonchev–Trinajstić information content (AvgIpc) is 3.15. The van der Waals surface area contributed by atoms with Crippen LogP contribution in [0.1, 0.15) is 42.6 Å². The molecule has 0 fully saturated rings. The van der Waals surface area contributed by atoms with E-state index in [0.717, 1.165) is 30.0 Å². The lowest BCUT2D eigenvalue weighted by molar-refractivity contribution is -0.130. The van der Waals surface area contributed by atoms with Gasteiger partial charge in [0.1, 0.15) is 19.7 Å². The van der Waals surface area contributed by atoms with Gasteiger partial charge in [0.2, 0.25) is 0 Å². The van der Waals surface area contributed by atoms with Crippen LogP contribution in [0.4, 0.5) is 14.5 Å². The molecule has 4 rings (SSSR count). The number of H-pyrrole nitrogens is 1. The number of amides is 1. The van der Waals surface area contributed by atoms with Gasteiger partial charge in [0.25, 0.3) is 5.91 Å². The van der Waals surface area contributed by atoms with Gasteiger partial charge in [-0.05, 0) is 48.2 Å². The summed E-state index contributed by atoms with van der Waals surface area (Å²) < 4.78 is 29.0. The zero-order valence-corrected chi connectivity index (χ0v) is 21.6. The molecule has 35 heavy (non-hydrogen) atoms. The van der Waals surface area contributed by atoms with Crippen molar-refractivity contribution in [3.05, 3.63) is 64.9 Å². The second kappa shape index (κ2) is 9.84. The molecule has 0 aliphatic carbocycles. The zero-order chi connectivity index (χ0) is 25.3. The summed E-state index contributed by atoms with van der Waals surface area (Å²) in [6.07, 6.45) is 1.97. The summed E-state index contributed by atoms with van der Waals surface area (Å²) in [5.41, 5.74) is 12.3. The van der Waals surface area contributed by atoms with Gasteiger partial charge in [0, 0.05) is 29.3 Å². The molecule has 3 aromatic rings. The first-order chi connectivity index (χ1) is 16.6. The monoisotopic (exact) mass is 494 g/mol. The highest BCUT2D eigenvalue weighted by Crippen LogP contribution is 2.41. The minimum absolute atomic E-state index is 0.242. The van der Waals surface area contributed by atoms with Crippen molar-refractivity contribution in [2.45, 2.75) is 58.0 Å². The van der Waals surface area contributed by atoms with Crippen LogP contribution in [0.2, 0.25) is 19.6 Å². The Morgan fingerprint density at radius 2 is 1.94 bits per heavy atom. The molecule has 0 saturated carbocycles. The van der Waals surface area contributed by atoms with Gasteiger partial charge in [-0.1, -0.05) is 45.1 Å². The van der Waals surface area contributed by atoms with Crippen molar-refractivity contribution in [1.29, 1.82) is 0 Å². The molecule has 2 heterocycles. The zero-order valence-electron chi connectivity index (χ0n) is 20.6. The van der Waals surface area contributed by atoms with Crippen LogP contribution in [0, 0.1) is 23.1 Å². The largest absolute Gasteiger partial charge is 0.399 e. The summed E-state index contributed by atoms with van der Waals surface area (Å²) in [6.45, 7) is 9.08. The predicted molar refractivity (Wildman–Crippen MR) is 139 cm³/mol. The van der Waals surface area contributed by atoms with Crippen molar-refractivity contribution >= 4 is 30.6 Å². The molecule has 4 N–H and O–H groups in total. The number of rotatable bonds is 5. The van der Waals surface area contributed by atoms with Crippen molar-refractivity contribution in [3.8, 4) is 11.5 Å². The molecular weight excluding hydrogens is 462 g/mol. The normalized spacial score (nSPS) is 17.7. The van der Waals surface area contributed by atoms with E-state index in [0.29, 0.717) is 29.7 Å². The van der Waals surface area contributed by atoms with Gasteiger partial charge in [-0.15, -0.1) is 5.54 Å². The highest BCUT2D eigenvalue weighted by atomic mass is 28.3. The Hall–Kier alpha value is -3.15. The van der Waals surface area contributed by atoms with Crippen molar-refractivity contribution in [2.75, 3.05) is 12.3 Å². The lowest BCUT2D eigenvalue weighted by Crippen LogP contribution is -2.54. The second-order valence-electron chi connectivity index (χ2n) is 10.1. The number of hydrogen-bond acceptors (Lipinski definition) is 3. The van der Waals surface area contributed by atoms with Gasteiger partial charge < -0.3 is 15.6 Å². The van der Waals surface area contributed by atoms with Crippen LogP contribution in [0.15, 0.2) is 36.4 Å². The SMILES string of the molecule is CCCCN[C@H]1Cc2c([nH]c3c(F)cc(F)cc23)[C@H](c2ccc(N)cc2)N1C(=O)C#C[Si](C)(C)C. The molecule has 0 radical (unpaired) electrons. The highest BCUT2D eigenvalue weighted by molar-refractivity contribution is 6.84. The number of anilines is 1. The molecule has 0 spiro atoms. The van der Waals surface area contributed by atoms with E-state index in [-0.39, 0.29) is 17.6 Å². The van der Waals surface area contributed by atoms with Crippen molar-refractivity contribution in [2.24, 2.45) is 0 Å². The van der Waals surface area contributed by atoms with Gasteiger partial charge in [-0.3, -0.25) is 10.1 Å². The first kappa shape index (κ1) is 25.0. The topological polar surface area (TPSA) is 74.2 Å². The fourth-order valence-electron chi connectivity index (χ4n) is 4.54. The summed E-state index contributed by atoms with van der Waals surface area (Å²) in [5, 5.41) is 4.01. The van der Waals surface area contributed by atoms with Crippen LogP contribution < -0.4 is 11.1 Å². The van der Waals surface area contributed by atoms with Gasteiger partial charge in [-0.25, -0.2) is 8.78 Å². The second-order valence-corrected chi connectivity index (χ2v) is 14.9. The maximum atomic E-state index is 14.8. The van der Waals surface area contributed by atoms with Crippen LogP contribution in [0.25, 0.3) is 10.9 Å². The Kier molecular flexibility index (Phi) is 7.02. The Morgan fingerprint density at radius 3 is 2.60 bits per heavy atom. The number of nitrogen functional groups attached to an aromatic ring is 1. The summed E-state index contributed by atoms with van der Waals surface area (Å²) >= 11 is 0. The van der Waals surface area contributed by atoms with Crippen LogP contribution in [0.3, 0.4) is 0 Å². The van der Waals surface area contributed by atoms with Gasteiger partial charge in [-0.2, -0.15) is 0 Å². The minimum Gasteiger partial charge on any atom is -0.399 e. The summed E-state index contributed by atoms with van der Waals surface area (Å²) in [7, 11) is -1.80. The molecule has 1 amide bonds. The van der Waals surface area contributed by atoms with Crippen LogP contribution in [-0.2, 0) is 11.2 Å². The molecule has 5 nitrogen and oxygen atoms in total. The number of nitrogens with two attached hydrogens (primary N) is 1. The smallest absolute Gasteiger partial charge is 0.299 e. The van der Waals surface area contributed by atoms with E-state index in [1.54, 1.807) is 17.0 Å². The lowest BCUT2D eigenvalue weighted by atomic mass is 9.90. The molecule has 1 aliphatic heterocycles. The van der Waals surface area contributed by atoms with Gasteiger partial charge >= 0.3 is 0 Å². The molecular formula is C27H32F2N4OSi. The first-order valence-corrected chi connectivity index (χ1v) is 15.5. The van der Waals surface area contributed by atoms with Crippen LogP contribution >= 0.6 is 0 Å². The molecule has 0 bridgehead atoms. The third-order valence-corrected chi connectivity index (χ3v) is 7.07. The number of carbonyl (C=O) groups excluding carboxylic acids is 1. The molecule has 8 heteroatoms. The predicted octanol–water partition coefficient (Wildman–Crippen LogP) is 5.10. The number of carbonyl (C=O) groups is 1. The van der Waals surface area contributed by atoms with E-state index >= 15 is 0 Å². The van der Waals surface area contributed by atoms with Crippen molar-refractivity contribution in [3.63, 3.8) is 0 Å². The Morgan fingerprint density at radius 1 is 1.23 bits per heavy atom. The standard InChI is InChI=1S/C27H32F2N4OSi/c1-5-6-12-31-23-16-21-20-14-18(28)15-22(29)25(20)32-26(21)27(17-7-9-19(30)10-8-17)33(23)24(34)11-13-35(2,3)4/h7-10,14-15,23,27,31-32H,5-6,12,16,30H2,1-4H3/t23-,27+/m1/s1. The molecule has 2 atom stereocenters. The molecule has 1 aliphatic rings. The Bertz CT molecular complexity index is 1300. The van der Waals surface area contributed by atoms with Crippen LogP contribution in [-0.4, -0.2) is 36.6 Å². The van der Waals surface area contributed by atoms with E-state index in [9.17, 15) is 13.6 Å². The fourth-order valence-corrected chi connectivity index (χ4v) is 5.03. The number of nitrogens with one attached hydrogen (secondary N) is 2. The van der Waals surface area contributed by atoms with Crippen LogP contribution in [0.5, 0.6) is 0 Å². The summed E-state index contributed by atoms with van der Waals surface area (Å²) in [5.74, 6) is 1.32. The quantitative estimate of drug-likeness (QED) is 0.200. The Balaban J connectivity index is 1.93. The van der Waals surface area contributed by atoms with E-state index in [1.165, 1.54) is 6.07 Å². The van der Waals surface area contributed by atoms with Crippen molar-refractivity contribution < 1.29 is 13.6 Å². The lowest BCUT2D eigenvalue weighted by Gasteiger charge is -2.42. The fraction of sp³-hybridized carbons (Fsp3) is 0.370. The first-order valence-electron chi connectivity index (χ1n) is 12.0. The number of nitrogens with zero attached hydrogens (tertiary/aromatic N) is 1. The number of aromatic nitrogens is 1. The van der Waals surface area contributed by atoms with Crippen molar-refractivity contribution in [1.82, 2.24) is 15.2 Å². The maximum Gasteiger partial charge on any atom is 0.299 e. The third-order valence-electron chi connectivity index (χ3n) is 6.19. The molecule has 1 aromatic heterocycles. The molecule has 184 valence electrons. The number of halogens is 2. The number of aromatic amines is 1. The molecule has 0 saturated heterocycles. The van der Waals surface area contributed by atoms with E-state index < -0.39 is 25.8 Å². The van der Waals surface area contributed by atoms with E-state index in [1.807, 2.05) is 12.1 Å². The summed E-state index contributed by atoms with van der Waals surface area (Å²) in [4.78, 5) is 18.6. The third kappa shape index (κ3) is 5.26.